The second-order valence-corrected chi connectivity index (χ2v) is 1.25. The molecule has 0 aromatic heterocycles. The van der Waals surface area contributed by atoms with Crippen LogP contribution in [0.5, 0.6) is 0 Å². The monoisotopic (exact) mass is 118 g/mol. The van der Waals surface area contributed by atoms with Crippen LogP contribution in [0.2, 0.25) is 0 Å². The lowest BCUT2D eigenvalue weighted by atomic mass is 9.50. The van der Waals surface area contributed by atoms with Crippen LogP contribution in [0.3, 0.4) is 0 Å². The molecule has 0 bridgehead atoms. The van der Waals surface area contributed by atoms with Gasteiger partial charge in [0.1, 0.15) is 0 Å². The molecule has 0 aliphatic rings. The molecule has 0 radical (unpaired) electrons. The highest BCUT2D eigenvalue weighted by atomic mass is 16.6. The van der Waals surface area contributed by atoms with Crippen molar-refractivity contribution in [1.29, 1.82) is 0 Å². The Hall–Kier alpha value is -0.0301. The molecule has 4 nitrogen and oxygen atoms in total. The molecule has 0 fully saturated rings. The summed E-state index contributed by atoms with van der Waals surface area (Å²) in [5.41, 5.74) is 0. The summed E-state index contributed by atoms with van der Waals surface area (Å²) in [6.45, 7) is 0. The van der Waals surface area contributed by atoms with Crippen molar-refractivity contribution < 1.29 is 19.4 Å². The average molecular weight is 118 g/mol. The topological polar surface area (TPSA) is 58.9 Å². The quantitative estimate of drug-likeness (QED) is 0.434. The van der Waals surface area contributed by atoms with Crippen molar-refractivity contribution >= 4 is 14.0 Å². The lowest BCUT2D eigenvalue weighted by Gasteiger charge is -2.04. The normalized spacial score (nSPS) is 9.00. The fraction of sp³-hybridized carbons (Fsp3) is 1.00. The molecule has 0 aliphatic carbocycles. The second-order valence-electron chi connectivity index (χ2n) is 1.25. The molecule has 0 rings (SSSR count). The minimum Gasteiger partial charge on any atom is -0.429 e. The zero-order chi connectivity index (χ0) is 6.57. The molecule has 0 aromatic rings. The van der Waals surface area contributed by atoms with E-state index in [-0.39, 0.29) is 0 Å². The maximum Gasteiger partial charge on any atom is 0.487 e. The van der Waals surface area contributed by atoms with Gasteiger partial charge < -0.3 is 19.4 Å². The molecule has 8 heavy (non-hydrogen) atoms. The first-order chi connectivity index (χ1) is 3.72. The van der Waals surface area contributed by atoms with Gasteiger partial charge in [0.05, 0.1) is 0 Å². The highest BCUT2D eigenvalue weighted by Gasteiger charge is 2.30. The fourth-order valence-electron chi connectivity index (χ4n) is 0.340. The summed E-state index contributed by atoms with van der Waals surface area (Å²) in [4.78, 5) is 0. The second kappa shape index (κ2) is 3.91. The van der Waals surface area contributed by atoms with E-state index in [1.165, 1.54) is 14.2 Å². The first kappa shape index (κ1) is 7.97. The third kappa shape index (κ3) is 2.32. The molecular weight excluding hydrogens is 110 g/mol. The molecule has 0 unspecified atom stereocenters. The summed E-state index contributed by atoms with van der Waals surface area (Å²) in [7, 11) is 0.154. The molecule has 0 saturated heterocycles. The molecule has 0 saturated carbocycles. The van der Waals surface area contributed by atoms with E-state index in [9.17, 15) is 0 Å². The molecule has 0 atom stereocenters. The van der Waals surface area contributed by atoms with Crippen molar-refractivity contribution in [3.63, 3.8) is 0 Å². The van der Waals surface area contributed by atoms with Crippen LogP contribution in [0.25, 0.3) is 0 Å². The minimum absolute atomic E-state index is 0.935. The van der Waals surface area contributed by atoms with Crippen LogP contribution in [0.1, 0.15) is 0 Å². The van der Waals surface area contributed by atoms with Gasteiger partial charge in [0, 0.05) is 14.2 Å². The summed E-state index contributed by atoms with van der Waals surface area (Å²) in [6, 6.07) is 0. The molecule has 0 heterocycles. The molecule has 6 heteroatoms. The zero-order valence-corrected chi connectivity index (χ0v) is 4.87. The Morgan fingerprint density at radius 1 is 1.12 bits per heavy atom. The van der Waals surface area contributed by atoms with Crippen LogP contribution in [0, 0.1) is 0 Å². The van der Waals surface area contributed by atoms with Gasteiger partial charge in [0.15, 0.2) is 0 Å². The first-order valence-electron chi connectivity index (χ1n) is 2.14. The Morgan fingerprint density at radius 3 is 1.50 bits per heavy atom. The Labute approximate surface area is 48.7 Å². The van der Waals surface area contributed by atoms with Crippen LogP contribution in [0.4, 0.5) is 0 Å². The Balaban J connectivity index is 3.35. The average Bonchev–Trinajstić information content (AvgIpc) is 1.69. The first-order valence-corrected chi connectivity index (χ1v) is 2.14. The van der Waals surface area contributed by atoms with Gasteiger partial charge in [-0.25, -0.2) is 0 Å². The van der Waals surface area contributed by atoms with Crippen LogP contribution < -0.4 is 0 Å². The number of rotatable bonds is 3. The van der Waals surface area contributed by atoms with Crippen LogP contribution in [-0.4, -0.2) is 38.3 Å². The van der Waals surface area contributed by atoms with Gasteiger partial charge in [0.25, 0.3) is 0 Å². The van der Waals surface area contributed by atoms with Crippen LogP contribution >= 0.6 is 0 Å². The molecular formula is C2H8B2O4. The Bertz CT molecular complexity index is 54.0. The maximum atomic E-state index is 8.32. The van der Waals surface area contributed by atoms with Crippen LogP contribution in [0.15, 0.2) is 0 Å². The van der Waals surface area contributed by atoms with Gasteiger partial charge in [-0.1, -0.05) is 0 Å². The predicted molar refractivity (Wildman–Crippen MR) is 30.0 cm³/mol. The molecule has 2 N–H and O–H groups in total. The van der Waals surface area contributed by atoms with Crippen molar-refractivity contribution in [3.8, 4) is 0 Å². The van der Waals surface area contributed by atoms with Crippen molar-refractivity contribution in [2.24, 2.45) is 0 Å². The summed E-state index contributed by atoms with van der Waals surface area (Å²) < 4.78 is 8.88. The standard InChI is InChI=1S/C2H8B2O4/c1-7-4(8-2)3(5)6/h5-6H,1-2H3. The molecule has 0 aromatic carbocycles. The van der Waals surface area contributed by atoms with Crippen molar-refractivity contribution in [2.45, 2.75) is 0 Å². The Kier molecular flexibility index (Phi) is 3.90. The van der Waals surface area contributed by atoms with Gasteiger partial charge in [-0.15, -0.1) is 0 Å². The summed E-state index contributed by atoms with van der Waals surface area (Å²) in [5.74, 6) is 0. The number of hydrogen-bond donors (Lipinski definition) is 2. The van der Waals surface area contributed by atoms with Gasteiger partial charge in [-0.3, -0.25) is 0 Å². The van der Waals surface area contributed by atoms with E-state index in [1.54, 1.807) is 0 Å². The Morgan fingerprint density at radius 2 is 1.50 bits per heavy atom. The third-order valence-corrected chi connectivity index (χ3v) is 0.708. The number of hydrogen-bond acceptors (Lipinski definition) is 4. The molecule has 0 spiro atoms. The van der Waals surface area contributed by atoms with Gasteiger partial charge in [-0.2, -0.15) is 0 Å². The third-order valence-electron chi connectivity index (χ3n) is 0.708. The maximum absolute atomic E-state index is 8.32. The van der Waals surface area contributed by atoms with Gasteiger partial charge in [-0.05, 0) is 0 Å². The predicted octanol–water partition coefficient (Wildman–Crippen LogP) is -1.68. The minimum atomic E-state index is -1.56. The SMILES string of the molecule is COB(OC)B(O)O. The van der Waals surface area contributed by atoms with E-state index < -0.39 is 14.0 Å². The fourth-order valence-corrected chi connectivity index (χ4v) is 0.340. The largest absolute Gasteiger partial charge is 0.487 e. The molecule has 0 aliphatic heterocycles. The van der Waals surface area contributed by atoms with Crippen molar-refractivity contribution in [1.82, 2.24) is 0 Å². The van der Waals surface area contributed by atoms with Crippen molar-refractivity contribution in [2.75, 3.05) is 14.2 Å². The van der Waals surface area contributed by atoms with E-state index in [2.05, 4.69) is 9.31 Å². The highest BCUT2D eigenvalue weighted by molar-refractivity contribution is 7.09. The lowest BCUT2D eigenvalue weighted by Crippen LogP contribution is -2.39. The van der Waals surface area contributed by atoms with Gasteiger partial charge >= 0.3 is 14.0 Å². The smallest absolute Gasteiger partial charge is 0.429 e. The summed E-state index contributed by atoms with van der Waals surface area (Å²) >= 11 is 0. The van der Waals surface area contributed by atoms with E-state index in [1.807, 2.05) is 0 Å². The molecule has 0 amide bonds. The van der Waals surface area contributed by atoms with E-state index in [0.717, 1.165) is 0 Å². The van der Waals surface area contributed by atoms with E-state index >= 15 is 0 Å². The lowest BCUT2D eigenvalue weighted by molar-refractivity contribution is 0.276. The van der Waals surface area contributed by atoms with Crippen LogP contribution in [-0.2, 0) is 9.31 Å². The molecule has 46 valence electrons. The van der Waals surface area contributed by atoms with E-state index in [0.29, 0.717) is 0 Å². The zero-order valence-electron chi connectivity index (χ0n) is 4.87. The summed E-state index contributed by atoms with van der Waals surface area (Å²) in [5, 5.41) is 16.6. The van der Waals surface area contributed by atoms with Gasteiger partial charge in [0.2, 0.25) is 0 Å². The van der Waals surface area contributed by atoms with E-state index in [4.69, 9.17) is 10.0 Å². The van der Waals surface area contributed by atoms with Crippen molar-refractivity contribution in [3.05, 3.63) is 0 Å². The highest BCUT2D eigenvalue weighted by Crippen LogP contribution is 1.83. The summed E-state index contributed by atoms with van der Waals surface area (Å²) in [6.07, 6.45) is 0.